The van der Waals surface area contributed by atoms with Gasteiger partial charge in [-0.15, -0.1) is 0 Å². The van der Waals surface area contributed by atoms with Gasteiger partial charge in [0.1, 0.15) is 0 Å². The third-order valence-corrected chi connectivity index (χ3v) is 5.01. The lowest BCUT2D eigenvalue weighted by Gasteiger charge is -2.41. The zero-order valence-electron chi connectivity index (χ0n) is 14.1. The molecule has 0 spiro atoms. The number of likely N-dealkylation sites (N-methyl/N-ethyl adjacent to an activating group) is 1. The molecule has 1 N–H and O–H groups in total. The molecule has 6 heteroatoms. The van der Waals surface area contributed by atoms with Crippen LogP contribution in [0.15, 0.2) is 30.3 Å². The molecule has 0 radical (unpaired) electrons. The fourth-order valence-corrected chi connectivity index (χ4v) is 3.72. The monoisotopic (exact) mass is 331 g/mol. The quantitative estimate of drug-likeness (QED) is 0.868. The topological polar surface area (TPSA) is 64.1 Å². The second kappa shape index (κ2) is 7.32. The maximum atomic E-state index is 12.6. The summed E-state index contributed by atoms with van der Waals surface area (Å²) < 4.78 is 0. The fraction of sp³-hybridized carbons (Fsp3) is 0.556. The van der Waals surface area contributed by atoms with E-state index in [4.69, 9.17) is 0 Å². The van der Waals surface area contributed by atoms with Crippen molar-refractivity contribution in [2.45, 2.75) is 12.5 Å². The Morgan fingerprint density at radius 1 is 1.08 bits per heavy atom. The van der Waals surface area contributed by atoms with Gasteiger partial charge in [0.05, 0.1) is 12.3 Å². The van der Waals surface area contributed by atoms with Crippen LogP contribution >= 0.6 is 0 Å². The Kier molecular flexibility index (Phi) is 5.16. The van der Waals surface area contributed by atoms with E-state index < -0.39 is 5.97 Å². The highest BCUT2D eigenvalue weighted by Crippen LogP contribution is 2.19. The molecule has 130 valence electrons. The Hall–Kier alpha value is -1.92. The summed E-state index contributed by atoms with van der Waals surface area (Å²) in [6.07, 6.45) is 0.432. The summed E-state index contributed by atoms with van der Waals surface area (Å²) in [4.78, 5) is 30.2. The summed E-state index contributed by atoms with van der Waals surface area (Å²) in [6.45, 7) is 4.06. The number of carboxylic acid groups (broad SMARTS) is 1. The van der Waals surface area contributed by atoms with E-state index in [1.54, 1.807) is 0 Å². The molecule has 2 aliphatic heterocycles. The highest BCUT2D eigenvalue weighted by Gasteiger charge is 2.36. The second-order valence-electron chi connectivity index (χ2n) is 6.91. The Morgan fingerprint density at radius 3 is 2.54 bits per heavy atom. The largest absolute Gasteiger partial charge is 0.481 e. The van der Waals surface area contributed by atoms with Gasteiger partial charge < -0.3 is 14.9 Å². The van der Waals surface area contributed by atoms with E-state index in [1.807, 2.05) is 42.3 Å². The maximum absolute atomic E-state index is 12.6. The molecule has 1 aromatic rings. The van der Waals surface area contributed by atoms with E-state index in [-0.39, 0.29) is 17.9 Å². The Morgan fingerprint density at radius 2 is 1.83 bits per heavy atom. The number of carboxylic acids is 1. The van der Waals surface area contributed by atoms with E-state index in [0.717, 1.165) is 18.7 Å². The van der Waals surface area contributed by atoms with Gasteiger partial charge in [0, 0.05) is 45.3 Å². The number of fused-ring (bicyclic) bond motifs is 1. The van der Waals surface area contributed by atoms with Crippen molar-refractivity contribution in [2.24, 2.45) is 5.92 Å². The molecule has 2 aliphatic rings. The number of nitrogens with zero attached hydrogens (tertiary/aromatic N) is 3. The lowest BCUT2D eigenvalue weighted by molar-refractivity contribution is -0.143. The standard InChI is InChI=1S/C18H25N3O3/c1-19-10-15(18(23)24)11-20-7-8-21(13-16(20)12-19)17(22)9-14-5-3-2-4-6-14/h2-6,15-16H,7-13H2,1H3,(H,23,24)/t15-,16+/m1/s1. The van der Waals surface area contributed by atoms with Crippen LogP contribution in [0.4, 0.5) is 0 Å². The van der Waals surface area contributed by atoms with Crippen molar-refractivity contribution in [1.29, 1.82) is 0 Å². The summed E-state index contributed by atoms with van der Waals surface area (Å²) in [5, 5.41) is 9.36. The molecule has 2 saturated heterocycles. The third-order valence-electron chi connectivity index (χ3n) is 5.01. The van der Waals surface area contributed by atoms with Crippen molar-refractivity contribution >= 4 is 11.9 Å². The highest BCUT2D eigenvalue weighted by molar-refractivity contribution is 5.79. The van der Waals surface area contributed by atoms with Gasteiger partial charge in [-0.05, 0) is 12.6 Å². The highest BCUT2D eigenvalue weighted by atomic mass is 16.4. The molecule has 2 heterocycles. The lowest BCUT2D eigenvalue weighted by atomic mass is 10.1. The first kappa shape index (κ1) is 16.9. The number of hydrogen-bond acceptors (Lipinski definition) is 4. The zero-order chi connectivity index (χ0) is 17.1. The molecule has 0 bridgehead atoms. The van der Waals surface area contributed by atoms with Crippen LogP contribution < -0.4 is 0 Å². The van der Waals surface area contributed by atoms with Crippen molar-refractivity contribution in [3.05, 3.63) is 35.9 Å². The normalized spacial score (nSPS) is 25.8. The molecule has 24 heavy (non-hydrogen) atoms. The van der Waals surface area contributed by atoms with Gasteiger partial charge in [0.25, 0.3) is 0 Å². The van der Waals surface area contributed by atoms with Crippen LogP contribution in [0, 0.1) is 5.92 Å². The van der Waals surface area contributed by atoms with Crippen LogP contribution in [0.3, 0.4) is 0 Å². The predicted octanol–water partition coefficient (Wildman–Crippen LogP) is 0.388. The van der Waals surface area contributed by atoms with Gasteiger partial charge >= 0.3 is 5.97 Å². The second-order valence-corrected chi connectivity index (χ2v) is 6.91. The van der Waals surface area contributed by atoms with Gasteiger partial charge in [-0.2, -0.15) is 0 Å². The Bertz CT molecular complexity index is 592. The van der Waals surface area contributed by atoms with Gasteiger partial charge in [0.2, 0.25) is 5.91 Å². The van der Waals surface area contributed by atoms with Crippen molar-refractivity contribution < 1.29 is 14.7 Å². The molecule has 3 rings (SSSR count). The molecule has 0 aliphatic carbocycles. The SMILES string of the molecule is CN1C[C@@H](C(=O)O)CN2CCN(C(=O)Cc3ccccc3)C[C@@H]2C1. The third kappa shape index (κ3) is 3.94. The number of aliphatic carboxylic acids is 1. The summed E-state index contributed by atoms with van der Waals surface area (Å²) in [6, 6.07) is 10.0. The number of benzene rings is 1. The molecule has 2 atom stereocenters. The first-order valence-corrected chi connectivity index (χ1v) is 8.50. The van der Waals surface area contributed by atoms with Crippen LogP contribution in [-0.2, 0) is 16.0 Å². The Balaban J connectivity index is 1.63. The van der Waals surface area contributed by atoms with Gasteiger partial charge in [-0.1, -0.05) is 30.3 Å². The van der Waals surface area contributed by atoms with Crippen LogP contribution in [0.25, 0.3) is 0 Å². The molecule has 6 nitrogen and oxygen atoms in total. The van der Waals surface area contributed by atoms with E-state index >= 15 is 0 Å². The minimum atomic E-state index is -0.731. The number of hydrogen-bond donors (Lipinski definition) is 1. The zero-order valence-corrected chi connectivity index (χ0v) is 14.1. The number of piperazine rings is 1. The van der Waals surface area contributed by atoms with Gasteiger partial charge in [-0.3, -0.25) is 14.5 Å². The number of rotatable bonds is 3. The van der Waals surface area contributed by atoms with Crippen LogP contribution in [0.5, 0.6) is 0 Å². The minimum Gasteiger partial charge on any atom is -0.481 e. The van der Waals surface area contributed by atoms with Crippen LogP contribution in [0.1, 0.15) is 5.56 Å². The maximum Gasteiger partial charge on any atom is 0.309 e. The van der Waals surface area contributed by atoms with E-state index in [9.17, 15) is 14.7 Å². The predicted molar refractivity (Wildman–Crippen MR) is 90.7 cm³/mol. The first-order chi connectivity index (χ1) is 11.5. The molecule has 0 aromatic heterocycles. The van der Waals surface area contributed by atoms with Crippen molar-refractivity contribution in [3.8, 4) is 0 Å². The molecule has 0 unspecified atom stereocenters. The molecular formula is C18H25N3O3. The fourth-order valence-electron chi connectivity index (χ4n) is 3.72. The van der Waals surface area contributed by atoms with E-state index in [0.29, 0.717) is 32.6 Å². The van der Waals surface area contributed by atoms with Crippen LogP contribution in [-0.4, -0.2) is 84.0 Å². The average molecular weight is 331 g/mol. The van der Waals surface area contributed by atoms with E-state index in [2.05, 4.69) is 9.80 Å². The molecule has 1 amide bonds. The number of carbonyl (C=O) groups excluding carboxylic acids is 1. The van der Waals surface area contributed by atoms with Crippen molar-refractivity contribution in [1.82, 2.24) is 14.7 Å². The minimum absolute atomic E-state index is 0.155. The first-order valence-electron chi connectivity index (χ1n) is 8.50. The number of carbonyl (C=O) groups is 2. The molecule has 1 aromatic carbocycles. The summed E-state index contributed by atoms with van der Waals surface area (Å²) >= 11 is 0. The molecule has 0 saturated carbocycles. The number of amides is 1. The summed E-state index contributed by atoms with van der Waals surface area (Å²) in [7, 11) is 1.96. The summed E-state index contributed by atoms with van der Waals surface area (Å²) in [5.41, 5.74) is 1.04. The molecular weight excluding hydrogens is 306 g/mol. The van der Waals surface area contributed by atoms with Crippen molar-refractivity contribution in [3.63, 3.8) is 0 Å². The van der Waals surface area contributed by atoms with Gasteiger partial charge in [0.15, 0.2) is 0 Å². The molecule has 2 fully saturated rings. The lowest BCUT2D eigenvalue weighted by Crippen LogP contribution is -2.57. The smallest absolute Gasteiger partial charge is 0.309 e. The van der Waals surface area contributed by atoms with Gasteiger partial charge in [-0.25, -0.2) is 0 Å². The van der Waals surface area contributed by atoms with Crippen LogP contribution in [0.2, 0.25) is 0 Å². The Labute approximate surface area is 142 Å². The summed E-state index contributed by atoms with van der Waals surface area (Å²) in [5.74, 6) is -0.931. The average Bonchev–Trinajstić information content (AvgIpc) is 2.73. The van der Waals surface area contributed by atoms with E-state index in [1.165, 1.54) is 0 Å². The van der Waals surface area contributed by atoms with Crippen molar-refractivity contribution in [2.75, 3.05) is 46.3 Å².